The van der Waals surface area contributed by atoms with Gasteiger partial charge < -0.3 is 10.3 Å². The molecule has 0 radical (unpaired) electrons. The molecule has 1 aliphatic rings. The number of likely N-dealkylation sites (tertiary alicyclic amines) is 1. The van der Waals surface area contributed by atoms with Crippen molar-refractivity contribution in [2.75, 3.05) is 25.9 Å². The maximum Gasteiger partial charge on any atom is 0.254 e. The average molecular weight is 435 g/mol. The summed E-state index contributed by atoms with van der Waals surface area (Å²) in [6, 6.07) is 4.45. The van der Waals surface area contributed by atoms with Crippen LogP contribution in [0.15, 0.2) is 27.5 Å². The minimum absolute atomic E-state index is 0.0234. The predicted molar refractivity (Wildman–Crippen MR) is 120 cm³/mol. The van der Waals surface area contributed by atoms with E-state index >= 15 is 0 Å². The molecule has 1 saturated heterocycles. The lowest BCUT2D eigenvalue weighted by atomic mass is 9.97. The molecule has 2 aromatic heterocycles. The monoisotopic (exact) mass is 434 g/mol. The van der Waals surface area contributed by atoms with Gasteiger partial charge in [0.1, 0.15) is 0 Å². The number of amides is 1. The van der Waals surface area contributed by atoms with Gasteiger partial charge >= 0.3 is 0 Å². The SMILES string of the molecule is CSc1nc(C)c(CCC(=O)NCC(c2cccs2)N2CCC(C)CC2)c(=O)[nH]1. The van der Waals surface area contributed by atoms with Crippen LogP contribution in [0.1, 0.15) is 48.4 Å². The Morgan fingerprint density at radius 1 is 1.45 bits per heavy atom. The normalized spacial score (nSPS) is 16.7. The number of nitrogens with zero attached hydrogens (tertiary/aromatic N) is 2. The number of rotatable bonds is 8. The molecule has 3 rings (SSSR count). The summed E-state index contributed by atoms with van der Waals surface area (Å²) in [4.78, 5) is 35.7. The number of H-pyrrole nitrogens is 1. The summed E-state index contributed by atoms with van der Waals surface area (Å²) in [6.45, 7) is 6.88. The van der Waals surface area contributed by atoms with Crippen LogP contribution in [-0.4, -0.2) is 46.7 Å². The number of hydrogen-bond donors (Lipinski definition) is 2. The van der Waals surface area contributed by atoms with E-state index in [0.29, 0.717) is 35.8 Å². The first-order valence-electron chi connectivity index (χ1n) is 10.2. The largest absolute Gasteiger partial charge is 0.354 e. The minimum Gasteiger partial charge on any atom is -0.354 e. The lowest BCUT2D eigenvalue weighted by molar-refractivity contribution is -0.121. The van der Waals surface area contributed by atoms with Crippen LogP contribution in [0.2, 0.25) is 0 Å². The maximum atomic E-state index is 12.5. The molecule has 2 aromatic rings. The van der Waals surface area contributed by atoms with Gasteiger partial charge in [0.2, 0.25) is 5.91 Å². The standard InChI is InChI=1S/C21H30N4O2S2/c1-14-8-10-25(11-9-14)17(18-5-4-12-29-18)13-22-19(26)7-6-16-15(2)23-21(28-3)24-20(16)27/h4-5,12,14,17H,6-11,13H2,1-3H3,(H,22,26)(H,23,24,27). The molecule has 8 heteroatoms. The molecule has 2 N–H and O–H groups in total. The number of piperidine rings is 1. The first-order valence-corrected chi connectivity index (χ1v) is 12.3. The molecule has 0 aromatic carbocycles. The molecule has 1 fully saturated rings. The zero-order valence-electron chi connectivity index (χ0n) is 17.4. The number of aromatic amines is 1. The fraction of sp³-hybridized carbons (Fsp3) is 0.571. The Hall–Kier alpha value is -1.64. The van der Waals surface area contributed by atoms with Gasteiger partial charge in [-0.3, -0.25) is 14.5 Å². The zero-order valence-corrected chi connectivity index (χ0v) is 19.0. The van der Waals surface area contributed by atoms with Crippen LogP contribution < -0.4 is 10.9 Å². The van der Waals surface area contributed by atoms with Crippen molar-refractivity contribution < 1.29 is 4.79 Å². The average Bonchev–Trinajstić information content (AvgIpc) is 3.23. The Bertz CT molecular complexity index is 858. The summed E-state index contributed by atoms with van der Waals surface area (Å²) in [6.07, 6.45) is 4.98. The van der Waals surface area contributed by atoms with Crippen LogP contribution in [0.5, 0.6) is 0 Å². The Labute approximate surface area is 180 Å². The molecule has 0 saturated carbocycles. The predicted octanol–water partition coefficient (Wildman–Crippen LogP) is 3.38. The van der Waals surface area contributed by atoms with Gasteiger partial charge in [0.25, 0.3) is 5.56 Å². The Kier molecular flexibility index (Phi) is 7.91. The first kappa shape index (κ1) is 22.1. The van der Waals surface area contributed by atoms with E-state index in [-0.39, 0.29) is 17.5 Å². The van der Waals surface area contributed by atoms with E-state index in [1.165, 1.54) is 29.5 Å². The van der Waals surface area contributed by atoms with Gasteiger partial charge in [0, 0.05) is 29.1 Å². The van der Waals surface area contributed by atoms with Gasteiger partial charge in [-0.2, -0.15) is 0 Å². The fourth-order valence-corrected chi connectivity index (χ4v) is 5.03. The highest BCUT2D eigenvalue weighted by molar-refractivity contribution is 7.98. The van der Waals surface area contributed by atoms with Crippen LogP contribution in [-0.2, 0) is 11.2 Å². The van der Waals surface area contributed by atoms with Crippen molar-refractivity contribution in [3.8, 4) is 0 Å². The van der Waals surface area contributed by atoms with Gasteiger partial charge in [-0.25, -0.2) is 4.98 Å². The lowest BCUT2D eigenvalue weighted by Crippen LogP contribution is -2.41. The van der Waals surface area contributed by atoms with Crippen molar-refractivity contribution in [3.63, 3.8) is 0 Å². The molecule has 1 unspecified atom stereocenters. The van der Waals surface area contributed by atoms with E-state index < -0.39 is 0 Å². The number of aryl methyl sites for hydroxylation is 1. The Morgan fingerprint density at radius 3 is 2.83 bits per heavy atom. The summed E-state index contributed by atoms with van der Waals surface area (Å²) in [5.41, 5.74) is 1.15. The second-order valence-corrected chi connectivity index (χ2v) is 9.47. The van der Waals surface area contributed by atoms with Gasteiger partial charge in [-0.15, -0.1) is 11.3 Å². The number of carbonyl (C=O) groups is 1. The van der Waals surface area contributed by atoms with Crippen LogP contribution in [0, 0.1) is 12.8 Å². The number of thioether (sulfide) groups is 1. The molecule has 0 spiro atoms. The smallest absolute Gasteiger partial charge is 0.254 e. The van der Waals surface area contributed by atoms with Gasteiger partial charge in [-0.05, 0) is 62.9 Å². The zero-order chi connectivity index (χ0) is 20.8. The summed E-state index contributed by atoms with van der Waals surface area (Å²) < 4.78 is 0. The van der Waals surface area contributed by atoms with Crippen molar-refractivity contribution in [2.24, 2.45) is 5.92 Å². The van der Waals surface area contributed by atoms with Crippen LogP contribution >= 0.6 is 23.1 Å². The number of aromatic nitrogens is 2. The van der Waals surface area contributed by atoms with E-state index in [2.05, 4.69) is 44.6 Å². The molecule has 0 aliphatic carbocycles. The molecule has 3 heterocycles. The highest BCUT2D eigenvalue weighted by Crippen LogP contribution is 2.29. The molecule has 1 aliphatic heterocycles. The number of carbonyl (C=O) groups excluding carboxylic acids is 1. The summed E-state index contributed by atoms with van der Waals surface area (Å²) in [5, 5.41) is 5.80. The minimum atomic E-state index is -0.145. The van der Waals surface area contributed by atoms with E-state index in [1.54, 1.807) is 11.3 Å². The Balaban J connectivity index is 1.57. The van der Waals surface area contributed by atoms with Crippen molar-refractivity contribution >= 4 is 29.0 Å². The number of nitrogens with one attached hydrogen (secondary N) is 2. The van der Waals surface area contributed by atoms with Crippen LogP contribution in [0.4, 0.5) is 0 Å². The summed E-state index contributed by atoms with van der Waals surface area (Å²) >= 11 is 3.15. The summed E-state index contributed by atoms with van der Waals surface area (Å²) in [5.74, 6) is 0.752. The molecular formula is C21H30N4O2S2. The lowest BCUT2D eigenvalue weighted by Gasteiger charge is -2.36. The number of hydrogen-bond acceptors (Lipinski definition) is 6. The molecular weight excluding hydrogens is 404 g/mol. The van der Waals surface area contributed by atoms with E-state index in [0.717, 1.165) is 19.0 Å². The third kappa shape index (κ3) is 5.93. The highest BCUT2D eigenvalue weighted by Gasteiger charge is 2.25. The summed E-state index contributed by atoms with van der Waals surface area (Å²) in [7, 11) is 0. The molecule has 29 heavy (non-hydrogen) atoms. The molecule has 158 valence electrons. The van der Waals surface area contributed by atoms with Crippen molar-refractivity contribution in [1.29, 1.82) is 0 Å². The quantitative estimate of drug-likeness (QED) is 0.492. The molecule has 0 bridgehead atoms. The van der Waals surface area contributed by atoms with Crippen molar-refractivity contribution in [1.82, 2.24) is 20.2 Å². The fourth-order valence-electron chi connectivity index (χ4n) is 3.74. The Morgan fingerprint density at radius 2 is 2.21 bits per heavy atom. The van der Waals surface area contributed by atoms with Gasteiger partial charge in [0.05, 0.1) is 6.04 Å². The second-order valence-electron chi connectivity index (χ2n) is 7.69. The van der Waals surface area contributed by atoms with E-state index in [4.69, 9.17) is 0 Å². The van der Waals surface area contributed by atoms with E-state index in [9.17, 15) is 9.59 Å². The number of thiophene rings is 1. The topological polar surface area (TPSA) is 78.1 Å². The third-order valence-electron chi connectivity index (χ3n) is 5.62. The molecule has 6 nitrogen and oxygen atoms in total. The van der Waals surface area contributed by atoms with Crippen molar-refractivity contribution in [2.45, 2.75) is 50.7 Å². The molecule has 1 atom stereocenters. The second kappa shape index (κ2) is 10.4. The first-order chi connectivity index (χ1) is 14.0. The maximum absolute atomic E-state index is 12.5. The van der Waals surface area contributed by atoms with Crippen LogP contribution in [0.3, 0.4) is 0 Å². The highest BCUT2D eigenvalue weighted by atomic mass is 32.2. The third-order valence-corrected chi connectivity index (χ3v) is 7.17. The van der Waals surface area contributed by atoms with E-state index in [1.807, 2.05) is 13.2 Å². The van der Waals surface area contributed by atoms with Gasteiger partial charge in [-0.1, -0.05) is 24.8 Å². The molecule has 1 amide bonds. The van der Waals surface area contributed by atoms with Gasteiger partial charge in [0.15, 0.2) is 5.16 Å². The van der Waals surface area contributed by atoms with Crippen molar-refractivity contribution in [3.05, 3.63) is 44.0 Å². The van der Waals surface area contributed by atoms with Crippen LogP contribution in [0.25, 0.3) is 0 Å².